The number of carboxylic acids is 1. The van der Waals surface area contributed by atoms with Crippen LogP contribution >= 0.6 is 0 Å². The minimum atomic E-state index is -1.35. The van der Waals surface area contributed by atoms with Gasteiger partial charge in [0.05, 0.1) is 7.11 Å². The van der Waals surface area contributed by atoms with Crippen molar-refractivity contribution >= 4 is 17.1 Å². The summed E-state index contributed by atoms with van der Waals surface area (Å²) in [6.45, 7) is 1.20. The number of aromatic nitrogens is 2. The third-order valence-corrected chi connectivity index (χ3v) is 2.64. The van der Waals surface area contributed by atoms with E-state index in [1.165, 1.54) is 26.3 Å². The van der Waals surface area contributed by atoms with Crippen molar-refractivity contribution in [2.75, 3.05) is 7.11 Å². The Labute approximate surface area is 105 Å². The van der Waals surface area contributed by atoms with Crippen molar-refractivity contribution in [3.05, 3.63) is 33.2 Å². The highest BCUT2D eigenvalue weighted by Crippen LogP contribution is 2.19. The molecule has 2 aromatic heterocycles. The molecule has 19 heavy (non-hydrogen) atoms. The topological polar surface area (TPSA) is 112 Å². The monoisotopic (exact) mass is 266 g/mol. The van der Waals surface area contributed by atoms with Gasteiger partial charge in [-0.3, -0.25) is 4.79 Å². The van der Waals surface area contributed by atoms with Crippen molar-refractivity contribution in [1.82, 2.24) is 9.55 Å². The molecule has 8 heteroatoms. The van der Waals surface area contributed by atoms with Crippen LogP contribution in [0.1, 0.15) is 13.0 Å². The molecule has 1 N–H and O–H groups in total. The molecule has 8 nitrogen and oxygen atoms in total. The van der Waals surface area contributed by atoms with Gasteiger partial charge in [0.2, 0.25) is 5.58 Å². The first-order valence-corrected chi connectivity index (χ1v) is 5.28. The molecule has 0 aliphatic rings. The smallest absolute Gasteiger partial charge is 0.423 e. The first-order valence-electron chi connectivity index (χ1n) is 5.28. The number of fused-ring (bicyclic) bond motifs is 1. The molecule has 0 fully saturated rings. The summed E-state index contributed by atoms with van der Waals surface area (Å²) < 4.78 is 10.4. The molecule has 0 radical (unpaired) electrons. The molecule has 1 atom stereocenters. The highest BCUT2D eigenvalue weighted by Gasteiger charge is 2.22. The molecule has 0 saturated heterocycles. The molecule has 2 aromatic rings. The normalized spacial score (nSPS) is 12.3. The molecule has 0 saturated carbocycles. The summed E-state index contributed by atoms with van der Waals surface area (Å²) >= 11 is 0. The Morgan fingerprint density at radius 2 is 2.21 bits per heavy atom. The maximum Gasteiger partial charge on any atom is 0.423 e. The maximum atomic E-state index is 12.1. The fourth-order valence-electron chi connectivity index (χ4n) is 1.62. The van der Waals surface area contributed by atoms with Gasteiger partial charge in [0.15, 0.2) is 11.3 Å². The zero-order valence-electron chi connectivity index (χ0n) is 10.1. The van der Waals surface area contributed by atoms with E-state index in [1.807, 2.05) is 0 Å². The predicted molar refractivity (Wildman–Crippen MR) is 63.4 cm³/mol. The minimum absolute atomic E-state index is 0.103. The van der Waals surface area contributed by atoms with Crippen molar-refractivity contribution in [1.29, 1.82) is 0 Å². The molecule has 0 bridgehead atoms. The van der Waals surface area contributed by atoms with E-state index in [1.54, 1.807) is 0 Å². The van der Waals surface area contributed by atoms with Gasteiger partial charge in [0.25, 0.3) is 5.56 Å². The lowest BCUT2D eigenvalue weighted by molar-refractivity contribution is -0.140. The van der Waals surface area contributed by atoms with E-state index >= 15 is 0 Å². The average Bonchev–Trinajstić information content (AvgIpc) is 2.37. The summed E-state index contributed by atoms with van der Waals surface area (Å²) in [7, 11) is 1.35. The second-order valence-corrected chi connectivity index (χ2v) is 3.75. The number of ether oxygens (including phenoxy) is 1. The Morgan fingerprint density at radius 3 is 2.79 bits per heavy atom. The van der Waals surface area contributed by atoms with E-state index in [0.29, 0.717) is 4.57 Å². The first-order chi connectivity index (χ1) is 8.97. The lowest BCUT2D eigenvalue weighted by Crippen LogP contribution is -2.38. The highest BCUT2D eigenvalue weighted by molar-refractivity contribution is 5.78. The van der Waals surface area contributed by atoms with Gasteiger partial charge in [-0.2, -0.15) is 0 Å². The van der Waals surface area contributed by atoms with Gasteiger partial charge in [-0.05, 0) is 6.92 Å². The maximum absolute atomic E-state index is 12.1. The van der Waals surface area contributed by atoms with Gasteiger partial charge in [-0.15, -0.1) is 0 Å². The lowest BCUT2D eigenvalue weighted by atomic mass is 10.3. The van der Waals surface area contributed by atoms with E-state index in [4.69, 9.17) is 14.3 Å². The second kappa shape index (κ2) is 4.56. The molecule has 0 aliphatic carbocycles. The van der Waals surface area contributed by atoms with Crippen molar-refractivity contribution in [2.24, 2.45) is 0 Å². The molecule has 0 amide bonds. The summed E-state index contributed by atoms with van der Waals surface area (Å²) in [4.78, 5) is 38.5. The van der Waals surface area contributed by atoms with E-state index in [-0.39, 0.29) is 16.8 Å². The number of pyridine rings is 1. The van der Waals surface area contributed by atoms with Crippen LogP contribution < -0.4 is 16.1 Å². The number of aliphatic carboxylic acids is 1. The van der Waals surface area contributed by atoms with E-state index in [2.05, 4.69) is 4.98 Å². The van der Waals surface area contributed by atoms with E-state index in [9.17, 15) is 14.4 Å². The number of rotatable bonds is 3. The Morgan fingerprint density at radius 1 is 1.53 bits per heavy atom. The number of carboxylic acid groups (broad SMARTS) is 1. The van der Waals surface area contributed by atoms with Gasteiger partial charge in [0, 0.05) is 12.3 Å². The van der Waals surface area contributed by atoms with Crippen LogP contribution in [0.3, 0.4) is 0 Å². The zero-order chi connectivity index (χ0) is 14.2. The second-order valence-electron chi connectivity index (χ2n) is 3.75. The standard InChI is InChI=1S/C11H10N2O6/c1-5(10(15)16)13-9(14)7-8(19-11(13)17)6(18-2)3-4-12-7/h3-5H,1-2H3,(H,15,16). The number of carbonyl (C=O) groups is 1. The van der Waals surface area contributed by atoms with Crippen LogP contribution in [0.2, 0.25) is 0 Å². The number of hydrogen-bond donors (Lipinski definition) is 1. The van der Waals surface area contributed by atoms with Gasteiger partial charge in [-0.1, -0.05) is 0 Å². The fourth-order valence-corrected chi connectivity index (χ4v) is 1.62. The summed E-state index contributed by atoms with van der Waals surface area (Å²) in [5, 5.41) is 8.87. The Hall–Kier alpha value is -2.64. The van der Waals surface area contributed by atoms with Gasteiger partial charge < -0.3 is 14.3 Å². The molecule has 0 aromatic carbocycles. The summed E-state index contributed by atoms with van der Waals surface area (Å²) in [5.74, 6) is -2.22. The van der Waals surface area contributed by atoms with Crippen molar-refractivity contribution in [2.45, 2.75) is 13.0 Å². The minimum Gasteiger partial charge on any atom is -0.493 e. The molecule has 0 aliphatic heterocycles. The summed E-state index contributed by atoms with van der Waals surface area (Å²) in [6, 6.07) is 0.0801. The molecular weight excluding hydrogens is 256 g/mol. The van der Waals surface area contributed by atoms with Gasteiger partial charge in [0.1, 0.15) is 6.04 Å². The van der Waals surface area contributed by atoms with Crippen molar-refractivity contribution in [3.8, 4) is 5.75 Å². The van der Waals surface area contributed by atoms with Crippen LogP contribution in [0, 0.1) is 0 Å². The zero-order valence-corrected chi connectivity index (χ0v) is 10.1. The largest absolute Gasteiger partial charge is 0.493 e. The average molecular weight is 266 g/mol. The molecule has 2 heterocycles. The van der Waals surface area contributed by atoms with Gasteiger partial charge >= 0.3 is 11.7 Å². The lowest BCUT2D eigenvalue weighted by Gasteiger charge is -2.09. The third kappa shape index (κ3) is 1.96. The molecule has 0 spiro atoms. The quantitative estimate of drug-likeness (QED) is 0.832. The SMILES string of the molecule is COc1ccnc2c(=O)n(C(C)C(=O)O)c(=O)oc12. The Kier molecular flexibility index (Phi) is 3.07. The van der Waals surface area contributed by atoms with Gasteiger partial charge in [-0.25, -0.2) is 19.1 Å². The number of hydrogen-bond acceptors (Lipinski definition) is 6. The van der Waals surface area contributed by atoms with Crippen LogP contribution in [-0.2, 0) is 4.79 Å². The van der Waals surface area contributed by atoms with Crippen molar-refractivity contribution < 1.29 is 19.1 Å². The number of methoxy groups -OCH3 is 1. The predicted octanol–water partition coefficient (Wildman–Crippen LogP) is 0.00390. The molecular formula is C11H10N2O6. The first kappa shape index (κ1) is 12.8. The van der Waals surface area contributed by atoms with Crippen LogP contribution in [0.5, 0.6) is 5.75 Å². The Balaban J connectivity index is 2.88. The van der Waals surface area contributed by atoms with Crippen LogP contribution in [0.4, 0.5) is 0 Å². The molecule has 2 rings (SSSR count). The third-order valence-electron chi connectivity index (χ3n) is 2.64. The van der Waals surface area contributed by atoms with E-state index < -0.39 is 23.3 Å². The van der Waals surface area contributed by atoms with Crippen LogP contribution in [0.25, 0.3) is 11.1 Å². The van der Waals surface area contributed by atoms with Crippen molar-refractivity contribution in [3.63, 3.8) is 0 Å². The highest BCUT2D eigenvalue weighted by atomic mass is 16.5. The van der Waals surface area contributed by atoms with E-state index in [0.717, 1.165) is 0 Å². The fraction of sp³-hybridized carbons (Fsp3) is 0.273. The molecule has 100 valence electrons. The summed E-state index contributed by atoms with van der Waals surface area (Å²) in [5.41, 5.74) is -1.10. The van der Waals surface area contributed by atoms with Crippen LogP contribution in [-0.4, -0.2) is 27.7 Å². The van der Waals surface area contributed by atoms with Crippen LogP contribution in [0.15, 0.2) is 26.3 Å². The Bertz CT molecular complexity index is 760. The summed E-state index contributed by atoms with van der Waals surface area (Å²) in [6.07, 6.45) is 1.30. The number of nitrogens with zero attached hydrogens (tertiary/aromatic N) is 2. The molecule has 1 unspecified atom stereocenters.